The highest BCUT2D eigenvalue weighted by Gasteiger charge is 2.76. The fourth-order valence-electron chi connectivity index (χ4n) is 7.78. The van der Waals surface area contributed by atoms with Gasteiger partial charge in [-0.2, -0.15) is 0 Å². The van der Waals surface area contributed by atoms with E-state index in [0.717, 1.165) is 12.8 Å². The van der Waals surface area contributed by atoms with Gasteiger partial charge in [-0.05, 0) is 44.4 Å². The predicted molar refractivity (Wildman–Crippen MR) is 149 cm³/mol. The zero-order valence-electron chi connectivity index (χ0n) is 25.0. The summed E-state index contributed by atoms with van der Waals surface area (Å²) in [6.45, 7) is 16.9. The number of amides is 2. The van der Waals surface area contributed by atoms with Crippen LogP contribution in [0, 0.1) is 23.2 Å². The molecular formula is C31H48N2O6. The Bertz CT molecular complexity index is 1040. The highest BCUT2D eigenvalue weighted by atomic mass is 16.6. The molecule has 0 aliphatic carbocycles. The van der Waals surface area contributed by atoms with E-state index < -0.39 is 46.6 Å². The first kappa shape index (κ1) is 29.8. The number of nitrogens with zero attached hydrogens (tertiary/aromatic N) is 2. The Hall–Kier alpha value is -2.19. The average Bonchev–Trinajstić information content (AvgIpc) is 3.18. The number of aliphatic hydroxyl groups is 1. The number of carbonyl (C=O) groups excluding carboxylic acids is 3. The van der Waals surface area contributed by atoms with E-state index >= 15 is 0 Å². The molecule has 0 radical (unpaired) electrons. The van der Waals surface area contributed by atoms with Gasteiger partial charge in [-0.15, -0.1) is 0 Å². The molecule has 4 heterocycles. The van der Waals surface area contributed by atoms with Gasteiger partial charge in [-0.3, -0.25) is 14.4 Å². The Kier molecular flexibility index (Phi) is 7.89. The fourth-order valence-corrected chi connectivity index (χ4v) is 7.78. The molecule has 1 spiro atoms. The molecule has 4 aliphatic heterocycles. The molecule has 4 rings (SSSR count). The van der Waals surface area contributed by atoms with E-state index in [1.807, 2.05) is 50.0 Å². The Morgan fingerprint density at radius 2 is 1.74 bits per heavy atom. The summed E-state index contributed by atoms with van der Waals surface area (Å²) in [6.07, 6.45) is 10.2. The first-order chi connectivity index (χ1) is 18.2. The Labute approximate surface area is 233 Å². The maximum atomic E-state index is 14.8. The molecule has 7 atom stereocenters. The summed E-state index contributed by atoms with van der Waals surface area (Å²) < 4.78 is 12.6. The second-order valence-corrected chi connectivity index (χ2v) is 13.8. The first-order valence-electron chi connectivity index (χ1n) is 14.7. The van der Waals surface area contributed by atoms with Gasteiger partial charge in [-0.25, -0.2) is 0 Å². The van der Waals surface area contributed by atoms with Crippen molar-refractivity contribution in [3.8, 4) is 0 Å². The molecule has 0 aromatic rings. The minimum atomic E-state index is -1.35. The summed E-state index contributed by atoms with van der Waals surface area (Å²) >= 11 is 0. The van der Waals surface area contributed by atoms with Crippen LogP contribution in [0.4, 0.5) is 0 Å². The van der Waals surface area contributed by atoms with Gasteiger partial charge in [0.1, 0.15) is 23.2 Å². The molecule has 8 nitrogen and oxygen atoms in total. The van der Waals surface area contributed by atoms with Crippen LogP contribution < -0.4 is 0 Å². The maximum absolute atomic E-state index is 14.8. The minimum Gasteiger partial charge on any atom is -0.465 e. The smallest absolute Gasteiger partial charge is 0.313 e. The Morgan fingerprint density at radius 3 is 2.33 bits per heavy atom. The quantitative estimate of drug-likeness (QED) is 0.386. The molecule has 2 amide bonds. The number of esters is 1. The highest BCUT2D eigenvalue weighted by Crippen LogP contribution is 2.59. The average molecular weight is 545 g/mol. The summed E-state index contributed by atoms with van der Waals surface area (Å²) in [5.74, 6) is -2.87. The number of rotatable bonds is 7. The van der Waals surface area contributed by atoms with E-state index in [1.165, 1.54) is 0 Å². The molecule has 0 saturated carbocycles. The van der Waals surface area contributed by atoms with Crippen molar-refractivity contribution < 1.29 is 29.0 Å². The maximum Gasteiger partial charge on any atom is 0.313 e. The number of likely N-dealkylation sites (tertiary alicyclic amines) is 1. The Balaban J connectivity index is 1.93. The summed E-state index contributed by atoms with van der Waals surface area (Å²) in [6, 6.07) is -1.59. The minimum absolute atomic E-state index is 0.0360. The lowest BCUT2D eigenvalue weighted by atomic mass is 9.73. The van der Waals surface area contributed by atoms with Crippen molar-refractivity contribution >= 4 is 17.8 Å². The molecule has 0 aromatic carbocycles. The Morgan fingerprint density at radius 1 is 1.05 bits per heavy atom. The van der Waals surface area contributed by atoms with Crippen molar-refractivity contribution in [1.29, 1.82) is 0 Å². The van der Waals surface area contributed by atoms with E-state index in [4.69, 9.17) is 9.47 Å². The van der Waals surface area contributed by atoms with Crippen molar-refractivity contribution in [2.75, 3.05) is 19.8 Å². The topological polar surface area (TPSA) is 96.4 Å². The molecule has 1 N–H and O–H groups in total. The zero-order valence-corrected chi connectivity index (χ0v) is 25.0. The van der Waals surface area contributed by atoms with E-state index in [9.17, 15) is 19.5 Å². The van der Waals surface area contributed by atoms with Crippen LogP contribution in [0.3, 0.4) is 0 Å². The molecule has 2 saturated heterocycles. The third kappa shape index (κ3) is 4.75. The van der Waals surface area contributed by atoms with E-state index in [1.54, 1.807) is 4.90 Å². The van der Waals surface area contributed by atoms with Crippen LogP contribution in [0.2, 0.25) is 0 Å². The van der Waals surface area contributed by atoms with Gasteiger partial charge in [0.2, 0.25) is 11.8 Å². The third-order valence-electron chi connectivity index (χ3n) is 9.38. The van der Waals surface area contributed by atoms with Gasteiger partial charge < -0.3 is 24.4 Å². The van der Waals surface area contributed by atoms with Crippen LogP contribution in [0.15, 0.2) is 24.3 Å². The molecule has 39 heavy (non-hydrogen) atoms. The van der Waals surface area contributed by atoms with Crippen LogP contribution in [0.5, 0.6) is 0 Å². The van der Waals surface area contributed by atoms with Crippen LogP contribution in [-0.2, 0) is 23.9 Å². The van der Waals surface area contributed by atoms with Crippen molar-refractivity contribution in [3.05, 3.63) is 24.3 Å². The predicted octanol–water partition coefficient (Wildman–Crippen LogP) is 3.87. The highest BCUT2D eigenvalue weighted by molar-refractivity contribution is 5.99. The number of cyclic esters (lactones) is 1. The van der Waals surface area contributed by atoms with Crippen molar-refractivity contribution in [3.63, 3.8) is 0 Å². The largest absolute Gasteiger partial charge is 0.465 e. The molecule has 2 fully saturated rings. The standard InChI is InChI=1S/C31H48N2O6/c1-9-20(3)21(18-34)33-24-26(36)32(29(7,8)19-28(4,5)6)16-13-15-31(24)22(25(33)35)23-27(37)38-17-12-11-14-30(23,10-2)39-31/h11,13-15,20-24,34H,9-10,12,16-19H2,1-8H3/t20-,21-,22-,23+,24?,30-,31-/m0/s1. The molecule has 1 unspecified atom stereocenters. The molecule has 218 valence electrons. The second-order valence-electron chi connectivity index (χ2n) is 13.8. The van der Waals surface area contributed by atoms with Crippen LogP contribution >= 0.6 is 0 Å². The number of aliphatic hydroxyl groups excluding tert-OH is 1. The normalized spacial score (nSPS) is 34.6. The first-order valence-corrected chi connectivity index (χ1v) is 14.7. The van der Waals surface area contributed by atoms with Gasteiger partial charge in [0.25, 0.3) is 0 Å². The second kappa shape index (κ2) is 10.3. The fraction of sp³-hybridized carbons (Fsp3) is 0.774. The van der Waals surface area contributed by atoms with E-state index in [0.29, 0.717) is 19.4 Å². The van der Waals surface area contributed by atoms with Gasteiger partial charge in [0.05, 0.1) is 25.2 Å². The summed E-state index contributed by atoms with van der Waals surface area (Å²) in [7, 11) is 0. The SMILES string of the molecule is CC[C@H](C)[C@H](CO)N1C(=O)[C@@H]2[C@@H]3C(=O)OCCC=C[C@]3(CC)O[C@@]23C=CCN(C(C)(C)CC(C)(C)C)C(=O)C13. The van der Waals surface area contributed by atoms with Gasteiger partial charge in [0.15, 0.2) is 0 Å². The van der Waals surface area contributed by atoms with Crippen molar-refractivity contribution in [1.82, 2.24) is 9.80 Å². The van der Waals surface area contributed by atoms with Crippen molar-refractivity contribution in [2.24, 2.45) is 23.2 Å². The lowest BCUT2D eigenvalue weighted by molar-refractivity contribution is -0.166. The van der Waals surface area contributed by atoms with Gasteiger partial charge in [0, 0.05) is 12.1 Å². The lowest BCUT2D eigenvalue weighted by Crippen LogP contribution is -2.62. The summed E-state index contributed by atoms with van der Waals surface area (Å²) in [5, 5.41) is 10.6. The van der Waals surface area contributed by atoms with Crippen LogP contribution in [-0.4, -0.2) is 81.3 Å². The third-order valence-corrected chi connectivity index (χ3v) is 9.38. The monoisotopic (exact) mass is 544 g/mol. The number of hydrogen-bond donors (Lipinski definition) is 1. The summed E-state index contributed by atoms with van der Waals surface area (Å²) in [4.78, 5) is 46.4. The van der Waals surface area contributed by atoms with Crippen molar-refractivity contribution in [2.45, 2.75) is 110 Å². The van der Waals surface area contributed by atoms with E-state index in [-0.39, 0.29) is 36.4 Å². The zero-order chi connectivity index (χ0) is 29.0. The lowest BCUT2D eigenvalue weighted by Gasteiger charge is -2.46. The number of hydrogen-bond acceptors (Lipinski definition) is 6. The number of carbonyl (C=O) groups is 3. The number of fused-ring (bicyclic) bond motifs is 2. The number of ether oxygens (including phenoxy) is 2. The van der Waals surface area contributed by atoms with Crippen LogP contribution in [0.25, 0.3) is 0 Å². The van der Waals surface area contributed by atoms with E-state index in [2.05, 4.69) is 34.6 Å². The summed E-state index contributed by atoms with van der Waals surface area (Å²) in [5.41, 5.74) is -2.96. The molecule has 0 bridgehead atoms. The molecular weight excluding hydrogens is 496 g/mol. The molecule has 0 aromatic heterocycles. The molecule has 8 heteroatoms. The van der Waals surface area contributed by atoms with Gasteiger partial charge in [-0.1, -0.05) is 72.3 Å². The molecule has 4 aliphatic rings. The van der Waals surface area contributed by atoms with Gasteiger partial charge >= 0.3 is 5.97 Å². The van der Waals surface area contributed by atoms with Crippen LogP contribution in [0.1, 0.15) is 81.1 Å².